The van der Waals surface area contributed by atoms with Crippen molar-refractivity contribution in [2.24, 2.45) is 0 Å². The Morgan fingerprint density at radius 1 is 1.45 bits per heavy atom. The van der Waals surface area contributed by atoms with Crippen LogP contribution in [0.3, 0.4) is 0 Å². The second-order valence-corrected chi connectivity index (χ2v) is 5.59. The molecule has 1 aromatic rings. The quantitative estimate of drug-likeness (QED) is 0.758. The van der Waals surface area contributed by atoms with Gasteiger partial charge in [-0.3, -0.25) is 9.59 Å². The van der Waals surface area contributed by atoms with E-state index in [4.69, 9.17) is 9.84 Å². The fourth-order valence-electron chi connectivity index (χ4n) is 1.74. The van der Waals surface area contributed by atoms with E-state index in [1.165, 1.54) is 4.90 Å². The third-order valence-corrected chi connectivity index (χ3v) is 3.99. The highest BCUT2D eigenvalue weighted by atomic mass is 127. The van der Waals surface area contributed by atoms with E-state index in [1.807, 2.05) is 13.8 Å². The van der Waals surface area contributed by atoms with Crippen LogP contribution in [0.15, 0.2) is 18.2 Å². The number of ether oxygens (including phenoxy) is 1. The standard InChI is InChI=1S/C14H18INO4/c1-4-9(2)16(8-13(17)18)14(19)11-6-5-10(20-3)7-12(11)15/h5-7,9H,4,8H2,1-3H3,(H,17,18). The number of carboxylic acid groups (broad SMARTS) is 1. The summed E-state index contributed by atoms with van der Waals surface area (Å²) < 4.78 is 5.84. The van der Waals surface area contributed by atoms with Crippen LogP contribution in [-0.2, 0) is 4.79 Å². The molecule has 1 amide bonds. The van der Waals surface area contributed by atoms with E-state index in [0.717, 1.165) is 3.57 Å². The number of rotatable bonds is 6. The third-order valence-electron chi connectivity index (χ3n) is 3.10. The normalized spacial score (nSPS) is 11.8. The van der Waals surface area contributed by atoms with E-state index in [1.54, 1.807) is 25.3 Å². The number of methoxy groups -OCH3 is 1. The number of aliphatic carboxylic acids is 1. The number of hydrogen-bond acceptors (Lipinski definition) is 3. The van der Waals surface area contributed by atoms with Gasteiger partial charge < -0.3 is 14.7 Å². The summed E-state index contributed by atoms with van der Waals surface area (Å²) in [6.07, 6.45) is 0.700. The van der Waals surface area contributed by atoms with Gasteiger partial charge in [-0.15, -0.1) is 0 Å². The zero-order valence-corrected chi connectivity index (χ0v) is 13.9. The molecule has 1 aromatic carbocycles. The highest BCUT2D eigenvalue weighted by Gasteiger charge is 2.24. The molecule has 0 aliphatic rings. The minimum absolute atomic E-state index is 0.128. The van der Waals surface area contributed by atoms with Crippen LogP contribution >= 0.6 is 22.6 Å². The topological polar surface area (TPSA) is 66.8 Å². The summed E-state index contributed by atoms with van der Waals surface area (Å²) in [5.74, 6) is -0.616. The Hall–Kier alpha value is -1.31. The first-order valence-electron chi connectivity index (χ1n) is 6.27. The summed E-state index contributed by atoms with van der Waals surface area (Å²) in [4.78, 5) is 24.8. The van der Waals surface area contributed by atoms with Gasteiger partial charge in [-0.2, -0.15) is 0 Å². The molecular weight excluding hydrogens is 373 g/mol. The van der Waals surface area contributed by atoms with E-state index < -0.39 is 5.97 Å². The molecule has 1 unspecified atom stereocenters. The lowest BCUT2D eigenvalue weighted by Crippen LogP contribution is -2.42. The van der Waals surface area contributed by atoms with Gasteiger partial charge in [0.05, 0.1) is 12.7 Å². The van der Waals surface area contributed by atoms with Crippen molar-refractivity contribution in [2.45, 2.75) is 26.3 Å². The van der Waals surface area contributed by atoms with E-state index in [0.29, 0.717) is 17.7 Å². The second-order valence-electron chi connectivity index (χ2n) is 4.43. The fraction of sp³-hybridized carbons (Fsp3) is 0.429. The zero-order chi connectivity index (χ0) is 15.3. The molecule has 0 aliphatic carbocycles. The predicted molar refractivity (Wildman–Crippen MR) is 84.1 cm³/mol. The van der Waals surface area contributed by atoms with Crippen molar-refractivity contribution in [2.75, 3.05) is 13.7 Å². The maximum absolute atomic E-state index is 12.5. The number of hydrogen-bond donors (Lipinski definition) is 1. The van der Waals surface area contributed by atoms with Crippen LogP contribution in [-0.4, -0.2) is 41.6 Å². The summed E-state index contributed by atoms with van der Waals surface area (Å²) in [6.45, 7) is 3.47. The smallest absolute Gasteiger partial charge is 0.323 e. The minimum atomic E-state index is -1.01. The van der Waals surface area contributed by atoms with Gasteiger partial charge in [0.15, 0.2) is 0 Å². The van der Waals surface area contributed by atoms with Crippen molar-refractivity contribution < 1.29 is 19.4 Å². The average Bonchev–Trinajstić information content (AvgIpc) is 2.42. The van der Waals surface area contributed by atoms with Crippen molar-refractivity contribution in [1.82, 2.24) is 4.90 Å². The Labute approximate surface area is 132 Å². The molecule has 6 heteroatoms. The van der Waals surface area contributed by atoms with Crippen LogP contribution in [0.25, 0.3) is 0 Å². The molecule has 0 spiro atoms. The van der Waals surface area contributed by atoms with Crippen LogP contribution in [0.1, 0.15) is 30.6 Å². The summed E-state index contributed by atoms with van der Waals surface area (Å²) in [7, 11) is 1.56. The highest BCUT2D eigenvalue weighted by molar-refractivity contribution is 14.1. The molecule has 0 aromatic heterocycles. The van der Waals surface area contributed by atoms with Gasteiger partial charge >= 0.3 is 5.97 Å². The number of carbonyl (C=O) groups excluding carboxylic acids is 1. The number of carboxylic acids is 1. The van der Waals surface area contributed by atoms with Crippen LogP contribution < -0.4 is 4.74 Å². The average molecular weight is 391 g/mol. The molecule has 0 radical (unpaired) electrons. The van der Waals surface area contributed by atoms with Crippen LogP contribution in [0.5, 0.6) is 5.75 Å². The summed E-state index contributed by atoms with van der Waals surface area (Å²) in [5, 5.41) is 8.96. The molecule has 0 aliphatic heterocycles. The summed E-state index contributed by atoms with van der Waals surface area (Å²) in [5.41, 5.74) is 0.493. The number of halogens is 1. The van der Waals surface area contributed by atoms with Gasteiger partial charge in [-0.05, 0) is 54.1 Å². The van der Waals surface area contributed by atoms with Gasteiger partial charge in [0.25, 0.3) is 5.91 Å². The first-order chi connectivity index (χ1) is 9.40. The molecule has 1 N–H and O–H groups in total. The largest absolute Gasteiger partial charge is 0.497 e. The molecule has 20 heavy (non-hydrogen) atoms. The Balaban J connectivity index is 3.08. The maximum Gasteiger partial charge on any atom is 0.323 e. The third kappa shape index (κ3) is 4.09. The SMILES string of the molecule is CCC(C)N(CC(=O)O)C(=O)c1ccc(OC)cc1I. The Morgan fingerprint density at radius 2 is 2.10 bits per heavy atom. The lowest BCUT2D eigenvalue weighted by Gasteiger charge is -2.27. The lowest BCUT2D eigenvalue weighted by atomic mass is 10.1. The molecule has 0 saturated carbocycles. The van der Waals surface area contributed by atoms with Crippen molar-refractivity contribution >= 4 is 34.5 Å². The van der Waals surface area contributed by atoms with E-state index >= 15 is 0 Å². The van der Waals surface area contributed by atoms with E-state index in [-0.39, 0.29) is 18.5 Å². The Kier molecular flexibility index (Phi) is 6.25. The van der Waals surface area contributed by atoms with Crippen molar-refractivity contribution in [3.05, 3.63) is 27.3 Å². The van der Waals surface area contributed by atoms with E-state index in [9.17, 15) is 9.59 Å². The van der Waals surface area contributed by atoms with Gasteiger partial charge in [0.2, 0.25) is 0 Å². The Bertz CT molecular complexity index is 504. The van der Waals surface area contributed by atoms with Crippen molar-refractivity contribution in [3.63, 3.8) is 0 Å². The van der Waals surface area contributed by atoms with Crippen molar-refractivity contribution in [1.29, 1.82) is 0 Å². The maximum atomic E-state index is 12.5. The number of nitrogens with zero attached hydrogens (tertiary/aromatic N) is 1. The number of carbonyl (C=O) groups is 2. The lowest BCUT2D eigenvalue weighted by molar-refractivity contribution is -0.138. The predicted octanol–water partition coefficient (Wildman–Crippen LogP) is 2.63. The van der Waals surface area contributed by atoms with Gasteiger partial charge in [-0.25, -0.2) is 0 Å². The fourth-order valence-corrected chi connectivity index (χ4v) is 2.46. The molecule has 0 heterocycles. The van der Waals surface area contributed by atoms with Crippen molar-refractivity contribution in [3.8, 4) is 5.75 Å². The molecule has 1 rings (SSSR count). The van der Waals surface area contributed by atoms with Gasteiger partial charge in [0.1, 0.15) is 12.3 Å². The molecule has 0 saturated heterocycles. The first kappa shape index (κ1) is 16.7. The monoisotopic (exact) mass is 391 g/mol. The number of benzene rings is 1. The molecule has 5 nitrogen and oxygen atoms in total. The van der Waals surface area contributed by atoms with Crippen LogP contribution in [0, 0.1) is 3.57 Å². The van der Waals surface area contributed by atoms with Gasteiger partial charge in [-0.1, -0.05) is 6.92 Å². The highest BCUT2D eigenvalue weighted by Crippen LogP contribution is 2.22. The molecule has 1 atom stereocenters. The second kappa shape index (κ2) is 7.47. The molecular formula is C14H18INO4. The number of amides is 1. The van der Waals surface area contributed by atoms with Crippen LogP contribution in [0.4, 0.5) is 0 Å². The summed E-state index contributed by atoms with van der Waals surface area (Å²) in [6, 6.07) is 4.99. The molecule has 0 bridgehead atoms. The zero-order valence-electron chi connectivity index (χ0n) is 11.7. The first-order valence-corrected chi connectivity index (χ1v) is 7.34. The van der Waals surface area contributed by atoms with Crippen LogP contribution in [0.2, 0.25) is 0 Å². The Morgan fingerprint density at radius 3 is 2.55 bits per heavy atom. The molecule has 0 fully saturated rings. The van der Waals surface area contributed by atoms with Gasteiger partial charge in [0, 0.05) is 9.61 Å². The molecule has 110 valence electrons. The summed E-state index contributed by atoms with van der Waals surface area (Å²) >= 11 is 2.05. The van der Waals surface area contributed by atoms with E-state index in [2.05, 4.69) is 22.6 Å². The minimum Gasteiger partial charge on any atom is -0.497 e.